The highest BCUT2D eigenvalue weighted by atomic mass is 15.0. The summed E-state index contributed by atoms with van der Waals surface area (Å²) in [5, 5.41) is 12.3. The van der Waals surface area contributed by atoms with Crippen LogP contribution in [-0.4, -0.2) is 11.0 Å². The fourth-order valence-corrected chi connectivity index (χ4v) is 2.61. The van der Waals surface area contributed by atoms with Crippen LogP contribution in [0.4, 0.5) is 5.82 Å². The van der Waals surface area contributed by atoms with Crippen molar-refractivity contribution in [2.24, 2.45) is 5.41 Å². The predicted octanol–water partition coefficient (Wildman–Crippen LogP) is 3.33. The van der Waals surface area contributed by atoms with Crippen LogP contribution >= 0.6 is 0 Å². The molecule has 0 radical (unpaired) electrons. The molecule has 1 unspecified atom stereocenters. The van der Waals surface area contributed by atoms with Gasteiger partial charge in [-0.1, -0.05) is 26.3 Å². The van der Waals surface area contributed by atoms with Gasteiger partial charge in [0.1, 0.15) is 17.6 Å². The summed E-state index contributed by atoms with van der Waals surface area (Å²) in [5.41, 5.74) is 0.896. The van der Waals surface area contributed by atoms with Crippen LogP contribution in [-0.2, 0) is 0 Å². The van der Waals surface area contributed by atoms with Crippen LogP contribution in [0.15, 0.2) is 18.2 Å². The summed E-state index contributed by atoms with van der Waals surface area (Å²) in [5.74, 6) is 0.826. The zero-order valence-corrected chi connectivity index (χ0v) is 10.5. The number of rotatable bonds is 2. The van der Waals surface area contributed by atoms with Gasteiger partial charge in [-0.05, 0) is 36.8 Å². The first-order chi connectivity index (χ1) is 8.09. The Bertz CT molecular complexity index is 431. The maximum atomic E-state index is 8.81. The molecule has 1 saturated carbocycles. The van der Waals surface area contributed by atoms with Gasteiger partial charge in [-0.3, -0.25) is 0 Å². The van der Waals surface area contributed by atoms with Crippen molar-refractivity contribution < 1.29 is 0 Å². The van der Waals surface area contributed by atoms with Crippen LogP contribution < -0.4 is 5.32 Å². The van der Waals surface area contributed by atoms with E-state index in [0.29, 0.717) is 17.2 Å². The maximum Gasteiger partial charge on any atom is 0.142 e. The molecule has 17 heavy (non-hydrogen) atoms. The minimum atomic E-state index is 0.419. The van der Waals surface area contributed by atoms with E-state index >= 15 is 0 Å². The molecule has 90 valence electrons. The van der Waals surface area contributed by atoms with Crippen molar-refractivity contribution in [2.45, 2.75) is 45.6 Å². The summed E-state index contributed by atoms with van der Waals surface area (Å²) >= 11 is 0. The number of anilines is 1. The molecule has 0 bridgehead atoms. The molecule has 0 aliphatic heterocycles. The van der Waals surface area contributed by atoms with Crippen molar-refractivity contribution in [3.05, 3.63) is 23.9 Å². The van der Waals surface area contributed by atoms with Crippen molar-refractivity contribution in [1.29, 1.82) is 5.26 Å². The highest BCUT2D eigenvalue weighted by molar-refractivity contribution is 5.39. The van der Waals surface area contributed by atoms with Gasteiger partial charge in [0.15, 0.2) is 0 Å². The second-order valence-corrected chi connectivity index (χ2v) is 5.62. The number of nitriles is 1. The Kier molecular flexibility index (Phi) is 3.33. The number of nitrogens with zero attached hydrogens (tertiary/aromatic N) is 2. The summed E-state index contributed by atoms with van der Waals surface area (Å²) in [7, 11) is 0. The van der Waals surface area contributed by atoms with Crippen LogP contribution in [0.25, 0.3) is 0 Å². The normalized spacial score (nSPS) is 22.8. The molecule has 1 aliphatic carbocycles. The van der Waals surface area contributed by atoms with Crippen molar-refractivity contribution >= 4 is 5.82 Å². The second-order valence-electron chi connectivity index (χ2n) is 5.62. The van der Waals surface area contributed by atoms with E-state index in [2.05, 4.69) is 30.2 Å². The maximum absolute atomic E-state index is 8.81. The highest BCUT2D eigenvalue weighted by Crippen LogP contribution is 2.36. The second kappa shape index (κ2) is 4.75. The molecule has 1 heterocycles. The number of hydrogen-bond donors (Lipinski definition) is 1. The van der Waals surface area contributed by atoms with E-state index in [9.17, 15) is 0 Å². The van der Waals surface area contributed by atoms with Gasteiger partial charge in [-0.25, -0.2) is 4.98 Å². The molecule has 1 atom stereocenters. The number of aromatic nitrogens is 1. The molecule has 1 aromatic heterocycles. The average molecular weight is 229 g/mol. The Morgan fingerprint density at radius 2 is 2.29 bits per heavy atom. The Morgan fingerprint density at radius 3 is 3.00 bits per heavy atom. The van der Waals surface area contributed by atoms with E-state index in [0.717, 1.165) is 5.82 Å². The van der Waals surface area contributed by atoms with E-state index < -0.39 is 0 Å². The SMILES string of the molecule is CC1(C)CCCC(Nc2cccc(C#N)n2)C1. The highest BCUT2D eigenvalue weighted by Gasteiger charge is 2.27. The van der Waals surface area contributed by atoms with E-state index in [1.165, 1.54) is 25.7 Å². The molecule has 3 nitrogen and oxygen atoms in total. The predicted molar refractivity (Wildman–Crippen MR) is 68.6 cm³/mol. The molecule has 0 aromatic carbocycles. The van der Waals surface area contributed by atoms with Gasteiger partial charge in [0.05, 0.1) is 0 Å². The van der Waals surface area contributed by atoms with Gasteiger partial charge in [0, 0.05) is 6.04 Å². The van der Waals surface area contributed by atoms with E-state index in [1.54, 1.807) is 6.07 Å². The summed E-state index contributed by atoms with van der Waals surface area (Å²) in [6.45, 7) is 4.64. The van der Waals surface area contributed by atoms with E-state index in [1.807, 2.05) is 12.1 Å². The quantitative estimate of drug-likeness (QED) is 0.846. The van der Waals surface area contributed by atoms with E-state index in [4.69, 9.17) is 5.26 Å². The summed E-state index contributed by atoms with van der Waals surface area (Å²) < 4.78 is 0. The lowest BCUT2D eigenvalue weighted by Crippen LogP contribution is -2.32. The minimum Gasteiger partial charge on any atom is -0.367 e. The Balaban J connectivity index is 2.03. The first kappa shape index (κ1) is 11.9. The Morgan fingerprint density at radius 1 is 1.47 bits per heavy atom. The van der Waals surface area contributed by atoms with Gasteiger partial charge in [0.25, 0.3) is 0 Å². The van der Waals surface area contributed by atoms with Crippen LogP contribution in [0.5, 0.6) is 0 Å². The third kappa shape index (κ3) is 3.20. The monoisotopic (exact) mass is 229 g/mol. The van der Waals surface area contributed by atoms with Crippen molar-refractivity contribution in [3.8, 4) is 6.07 Å². The van der Waals surface area contributed by atoms with Crippen molar-refractivity contribution in [1.82, 2.24) is 4.98 Å². The van der Waals surface area contributed by atoms with Crippen LogP contribution in [0.2, 0.25) is 0 Å². The summed E-state index contributed by atoms with van der Waals surface area (Å²) in [4.78, 5) is 4.26. The fraction of sp³-hybridized carbons (Fsp3) is 0.571. The summed E-state index contributed by atoms with van der Waals surface area (Å²) in [6, 6.07) is 8.10. The first-order valence-electron chi connectivity index (χ1n) is 6.23. The van der Waals surface area contributed by atoms with Crippen LogP contribution in [0, 0.1) is 16.7 Å². The number of nitrogens with one attached hydrogen (secondary N) is 1. The molecular weight excluding hydrogens is 210 g/mol. The van der Waals surface area contributed by atoms with Crippen molar-refractivity contribution in [3.63, 3.8) is 0 Å². The molecule has 0 amide bonds. The number of pyridine rings is 1. The molecule has 1 aliphatic rings. The Hall–Kier alpha value is -1.56. The van der Waals surface area contributed by atoms with Crippen LogP contribution in [0.3, 0.4) is 0 Å². The lowest BCUT2D eigenvalue weighted by Gasteiger charge is -2.35. The third-order valence-electron chi connectivity index (χ3n) is 3.42. The third-order valence-corrected chi connectivity index (χ3v) is 3.42. The minimum absolute atomic E-state index is 0.419. The fourth-order valence-electron chi connectivity index (χ4n) is 2.61. The van der Waals surface area contributed by atoms with Crippen LogP contribution in [0.1, 0.15) is 45.2 Å². The van der Waals surface area contributed by atoms with Gasteiger partial charge in [-0.2, -0.15) is 5.26 Å². The van der Waals surface area contributed by atoms with Gasteiger partial charge >= 0.3 is 0 Å². The standard InChI is InChI=1S/C14H19N3/c1-14(2)8-4-6-11(9-14)16-13-7-3-5-12(10-15)17-13/h3,5,7,11H,4,6,8-9H2,1-2H3,(H,16,17). The smallest absolute Gasteiger partial charge is 0.142 e. The molecule has 0 spiro atoms. The summed E-state index contributed by atoms with van der Waals surface area (Å²) in [6.07, 6.45) is 4.94. The zero-order chi connectivity index (χ0) is 12.3. The lowest BCUT2D eigenvalue weighted by molar-refractivity contribution is 0.229. The van der Waals surface area contributed by atoms with E-state index in [-0.39, 0.29) is 0 Å². The first-order valence-corrected chi connectivity index (χ1v) is 6.23. The van der Waals surface area contributed by atoms with Crippen molar-refractivity contribution in [2.75, 3.05) is 5.32 Å². The van der Waals surface area contributed by atoms with Gasteiger partial charge in [-0.15, -0.1) is 0 Å². The molecule has 1 N–H and O–H groups in total. The molecule has 1 aromatic rings. The molecule has 0 saturated heterocycles. The molecule has 3 heteroatoms. The molecular formula is C14H19N3. The lowest BCUT2D eigenvalue weighted by atomic mass is 9.75. The van der Waals surface area contributed by atoms with Gasteiger partial charge in [0.2, 0.25) is 0 Å². The Labute approximate surface area is 103 Å². The topological polar surface area (TPSA) is 48.7 Å². The number of hydrogen-bond acceptors (Lipinski definition) is 3. The van der Waals surface area contributed by atoms with Gasteiger partial charge < -0.3 is 5.32 Å². The molecule has 1 fully saturated rings. The zero-order valence-electron chi connectivity index (χ0n) is 10.5. The largest absolute Gasteiger partial charge is 0.367 e. The average Bonchev–Trinajstić information content (AvgIpc) is 2.28. The molecule has 2 rings (SSSR count).